The van der Waals surface area contributed by atoms with Gasteiger partial charge < -0.3 is 15.4 Å². The molecule has 0 spiro atoms. The molecule has 0 aliphatic heterocycles. The Morgan fingerprint density at radius 2 is 1.48 bits per heavy atom. The number of hydrogen-bond acceptors (Lipinski definition) is 3. The summed E-state index contributed by atoms with van der Waals surface area (Å²) in [6, 6.07) is 14.9. The van der Waals surface area contributed by atoms with E-state index < -0.39 is 5.41 Å². The molecule has 0 radical (unpaired) electrons. The Bertz CT molecular complexity index is 771. The summed E-state index contributed by atoms with van der Waals surface area (Å²) >= 11 is 5.86. The van der Waals surface area contributed by atoms with Crippen molar-refractivity contribution >= 4 is 23.4 Å². The molecule has 2 N–H and O–H groups in total. The van der Waals surface area contributed by atoms with Gasteiger partial charge in [-0.25, -0.2) is 0 Å². The first kappa shape index (κ1) is 20.8. The maximum atomic E-state index is 12.5. The summed E-state index contributed by atoms with van der Waals surface area (Å²) in [5.41, 5.74) is 0.844. The zero-order valence-electron chi connectivity index (χ0n) is 15.8. The van der Waals surface area contributed by atoms with Crippen molar-refractivity contribution in [1.82, 2.24) is 10.6 Å². The van der Waals surface area contributed by atoms with Crippen LogP contribution in [0, 0.1) is 5.41 Å². The molecule has 27 heavy (non-hydrogen) atoms. The van der Waals surface area contributed by atoms with Gasteiger partial charge in [0, 0.05) is 18.1 Å². The van der Waals surface area contributed by atoms with Crippen LogP contribution >= 0.6 is 11.6 Å². The summed E-state index contributed by atoms with van der Waals surface area (Å²) < 4.78 is 5.11. The fraction of sp³-hybridized carbons (Fsp3) is 0.333. The van der Waals surface area contributed by atoms with E-state index in [9.17, 15) is 9.59 Å². The fourth-order valence-electron chi connectivity index (χ4n) is 2.44. The second kappa shape index (κ2) is 9.42. The lowest BCUT2D eigenvalue weighted by molar-refractivity contribution is -0.141. The Morgan fingerprint density at radius 1 is 0.926 bits per heavy atom. The van der Waals surface area contributed by atoms with E-state index in [0.717, 1.165) is 16.9 Å². The third-order valence-electron chi connectivity index (χ3n) is 4.36. The molecule has 0 heterocycles. The summed E-state index contributed by atoms with van der Waals surface area (Å²) in [7, 11) is 1.60. The molecule has 6 heteroatoms. The Morgan fingerprint density at radius 3 is 2.07 bits per heavy atom. The largest absolute Gasteiger partial charge is 0.497 e. The molecule has 0 fully saturated rings. The minimum Gasteiger partial charge on any atom is -0.497 e. The van der Waals surface area contributed by atoms with Crippen molar-refractivity contribution < 1.29 is 14.3 Å². The molecule has 0 saturated carbocycles. The molecule has 2 rings (SSSR count). The lowest BCUT2D eigenvalue weighted by Gasteiger charge is -2.23. The summed E-state index contributed by atoms with van der Waals surface area (Å²) in [5, 5.41) is 6.33. The Labute approximate surface area is 165 Å². The molecule has 0 aliphatic carbocycles. The van der Waals surface area contributed by atoms with Crippen molar-refractivity contribution in [3.8, 4) is 5.75 Å². The van der Waals surface area contributed by atoms with E-state index in [1.165, 1.54) is 0 Å². The molecule has 2 aromatic rings. The molecule has 144 valence electrons. The monoisotopic (exact) mass is 388 g/mol. The third kappa shape index (κ3) is 6.00. The minimum absolute atomic E-state index is 0.302. The Kier molecular flexibility index (Phi) is 7.25. The van der Waals surface area contributed by atoms with Gasteiger partial charge in [0.15, 0.2) is 0 Å². The zero-order valence-corrected chi connectivity index (χ0v) is 16.6. The lowest BCUT2D eigenvalue weighted by atomic mass is 9.91. The van der Waals surface area contributed by atoms with Crippen LogP contribution < -0.4 is 15.4 Å². The fourth-order valence-corrected chi connectivity index (χ4v) is 2.57. The molecule has 0 aromatic heterocycles. The summed E-state index contributed by atoms with van der Waals surface area (Å²) in [4.78, 5) is 24.9. The van der Waals surface area contributed by atoms with Gasteiger partial charge in [0.1, 0.15) is 11.2 Å². The number of nitrogens with one attached hydrogen (secondary N) is 2. The Hall–Kier alpha value is -2.53. The first-order valence-electron chi connectivity index (χ1n) is 8.77. The number of hydrogen-bond donors (Lipinski definition) is 2. The van der Waals surface area contributed by atoms with Crippen molar-refractivity contribution in [2.24, 2.45) is 5.41 Å². The van der Waals surface area contributed by atoms with E-state index >= 15 is 0 Å². The van der Waals surface area contributed by atoms with Crippen LogP contribution in [0.3, 0.4) is 0 Å². The van der Waals surface area contributed by atoms with Gasteiger partial charge in [-0.05, 0) is 55.7 Å². The zero-order chi connectivity index (χ0) is 19.9. The number of benzene rings is 2. The highest BCUT2D eigenvalue weighted by Gasteiger charge is 2.35. The third-order valence-corrected chi connectivity index (χ3v) is 4.61. The van der Waals surface area contributed by atoms with Crippen LogP contribution in [0.1, 0.15) is 25.0 Å². The van der Waals surface area contributed by atoms with E-state index in [4.69, 9.17) is 16.3 Å². The predicted molar refractivity (Wildman–Crippen MR) is 107 cm³/mol. The minimum atomic E-state index is -1.16. The van der Waals surface area contributed by atoms with E-state index in [1.807, 2.05) is 48.5 Å². The average Bonchev–Trinajstić information content (AvgIpc) is 2.67. The number of carbonyl (C=O) groups excluding carboxylic acids is 2. The van der Waals surface area contributed by atoms with Crippen molar-refractivity contribution in [3.05, 3.63) is 64.7 Å². The number of ether oxygens (including phenoxy) is 1. The lowest BCUT2D eigenvalue weighted by Crippen LogP contribution is -2.48. The topological polar surface area (TPSA) is 67.4 Å². The van der Waals surface area contributed by atoms with E-state index in [1.54, 1.807) is 21.0 Å². The SMILES string of the molecule is COc1ccc(CNC(=O)C(C)(C)C(=O)NCCc2ccc(Cl)cc2)cc1. The van der Waals surface area contributed by atoms with Crippen LogP contribution in [0.2, 0.25) is 5.02 Å². The second-order valence-corrected chi connectivity index (χ2v) is 7.22. The first-order valence-corrected chi connectivity index (χ1v) is 9.14. The van der Waals surface area contributed by atoms with Crippen LogP contribution in [-0.2, 0) is 22.6 Å². The highest BCUT2D eigenvalue weighted by atomic mass is 35.5. The quantitative estimate of drug-likeness (QED) is 0.681. The van der Waals surface area contributed by atoms with Gasteiger partial charge in [-0.3, -0.25) is 9.59 Å². The molecule has 2 amide bonds. The van der Waals surface area contributed by atoms with Crippen LogP contribution in [0.25, 0.3) is 0 Å². The average molecular weight is 389 g/mol. The molecule has 5 nitrogen and oxygen atoms in total. The number of amides is 2. The maximum Gasteiger partial charge on any atom is 0.235 e. The van der Waals surface area contributed by atoms with Gasteiger partial charge in [0.05, 0.1) is 7.11 Å². The summed E-state index contributed by atoms with van der Waals surface area (Å²) in [6.07, 6.45) is 0.673. The van der Waals surface area contributed by atoms with Crippen LogP contribution in [-0.4, -0.2) is 25.5 Å². The summed E-state index contributed by atoms with van der Waals surface area (Å²) in [6.45, 7) is 4.04. The van der Waals surface area contributed by atoms with Crippen LogP contribution in [0.15, 0.2) is 48.5 Å². The van der Waals surface area contributed by atoms with Gasteiger partial charge >= 0.3 is 0 Å². The highest BCUT2D eigenvalue weighted by Crippen LogP contribution is 2.17. The predicted octanol–water partition coefficient (Wildman–Crippen LogP) is 3.35. The summed E-state index contributed by atoms with van der Waals surface area (Å²) in [5.74, 6) is 0.136. The molecule has 0 saturated heterocycles. The van der Waals surface area contributed by atoms with Crippen molar-refractivity contribution in [1.29, 1.82) is 0 Å². The van der Waals surface area contributed by atoms with Gasteiger partial charge in [-0.2, -0.15) is 0 Å². The standard InChI is InChI=1S/C21H25ClN2O3/c1-21(2,19(25)23-13-12-15-4-8-17(22)9-5-15)20(26)24-14-16-6-10-18(27-3)11-7-16/h4-11H,12-14H2,1-3H3,(H,23,25)(H,24,26). The van der Waals surface area contributed by atoms with Crippen molar-refractivity contribution in [3.63, 3.8) is 0 Å². The van der Waals surface area contributed by atoms with Crippen molar-refractivity contribution in [2.75, 3.05) is 13.7 Å². The number of methoxy groups -OCH3 is 1. The maximum absolute atomic E-state index is 12.5. The first-order chi connectivity index (χ1) is 12.8. The molecule has 0 aliphatic rings. The van der Waals surface area contributed by atoms with Crippen molar-refractivity contribution in [2.45, 2.75) is 26.8 Å². The molecule has 0 atom stereocenters. The van der Waals surface area contributed by atoms with Gasteiger partial charge in [0.25, 0.3) is 0 Å². The van der Waals surface area contributed by atoms with Crippen LogP contribution in [0.4, 0.5) is 0 Å². The second-order valence-electron chi connectivity index (χ2n) is 6.79. The highest BCUT2D eigenvalue weighted by molar-refractivity contribution is 6.30. The van der Waals surface area contributed by atoms with Gasteiger partial charge in [-0.15, -0.1) is 0 Å². The number of carbonyl (C=O) groups is 2. The molecule has 0 bridgehead atoms. The van der Waals surface area contributed by atoms with E-state index in [0.29, 0.717) is 24.5 Å². The molecule has 0 unspecified atom stereocenters. The number of halogens is 1. The molecule has 2 aromatic carbocycles. The normalized spacial score (nSPS) is 11.0. The van der Waals surface area contributed by atoms with Gasteiger partial charge in [-0.1, -0.05) is 35.9 Å². The smallest absolute Gasteiger partial charge is 0.235 e. The Balaban J connectivity index is 1.82. The van der Waals surface area contributed by atoms with E-state index in [2.05, 4.69) is 10.6 Å². The molecular weight excluding hydrogens is 364 g/mol. The number of rotatable bonds is 8. The van der Waals surface area contributed by atoms with E-state index in [-0.39, 0.29) is 11.8 Å². The van der Waals surface area contributed by atoms with Crippen LogP contribution in [0.5, 0.6) is 5.75 Å². The van der Waals surface area contributed by atoms with Gasteiger partial charge in [0.2, 0.25) is 11.8 Å². The molecular formula is C21H25ClN2O3.